The number of rotatable bonds is 4. The van der Waals surface area contributed by atoms with Gasteiger partial charge in [-0.1, -0.05) is 29.3 Å². The molecular weight excluding hydrogens is 312 g/mol. The molecule has 1 atom stereocenters. The molecule has 0 saturated heterocycles. The number of nitrogens with one attached hydrogen (secondary N) is 1. The molecule has 0 aromatic heterocycles. The van der Waals surface area contributed by atoms with Crippen LogP contribution < -0.4 is 10.1 Å². The zero-order chi connectivity index (χ0) is 15.6. The average molecular weight is 328 g/mol. The number of ether oxygens (including phenoxy) is 1. The van der Waals surface area contributed by atoms with Gasteiger partial charge in [0.2, 0.25) is 0 Å². The lowest BCUT2D eigenvalue weighted by Crippen LogP contribution is -2.08. The van der Waals surface area contributed by atoms with Crippen LogP contribution in [0.2, 0.25) is 10.0 Å². The maximum absolute atomic E-state index is 13.2. The van der Waals surface area contributed by atoms with Crippen LogP contribution in [-0.2, 0) is 0 Å². The fourth-order valence-electron chi connectivity index (χ4n) is 2.04. The molecule has 0 fully saturated rings. The summed E-state index contributed by atoms with van der Waals surface area (Å²) in [5.41, 5.74) is 2.66. The Kier molecular flexibility index (Phi) is 4.96. The highest BCUT2D eigenvalue weighted by atomic mass is 35.5. The molecule has 0 aliphatic carbocycles. The molecule has 1 unspecified atom stereocenters. The van der Waals surface area contributed by atoms with Crippen LogP contribution in [0.25, 0.3) is 0 Å². The van der Waals surface area contributed by atoms with Gasteiger partial charge in [0, 0.05) is 17.1 Å². The number of hydrogen-bond donors (Lipinski definition) is 1. The number of hydrogen-bond acceptors (Lipinski definition) is 2. The van der Waals surface area contributed by atoms with Crippen LogP contribution in [0.4, 0.5) is 10.1 Å². The maximum atomic E-state index is 13.2. The zero-order valence-corrected chi connectivity index (χ0v) is 13.5. The monoisotopic (exact) mass is 327 g/mol. The van der Waals surface area contributed by atoms with Crippen molar-refractivity contribution in [1.82, 2.24) is 0 Å². The summed E-state index contributed by atoms with van der Waals surface area (Å²) in [6, 6.07) is 8.31. The van der Waals surface area contributed by atoms with E-state index in [9.17, 15) is 4.39 Å². The molecule has 1 N–H and O–H groups in total. The van der Waals surface area contributed by atoms with Gasteiger partial charge in [-0.25, -0.2) is 4.39 Å². The Morgan fingerprint density at radius 3 is 2.48 bits per heavy atom. The van der Waals surface area contributed by atoms with Crippen LogP contribution in [0.5, 0.6) is 5.75 Å². The van der Waals surface area contributed by atoms with Crippen molar-refractivity contribution in [3.8, 4) is 5.75 Å². The van der Waals surface area contributed by atoms with Crippen molar-refractivity contribution in [2.45, 2.75) is 19.9 Å². The van der Waals surface area contributed by atoms with E-state index in [1.165, 1.54) is 6.07 Å². The molecule has 2 aromatic carbocycles. The van der Waals surface area contributed by atoms with Gasteiger partial charge in [-0.15, -0.1) is 0 Å². The van der Waals surface area contributed by atoms with Crippen molar-refractivity contribution >= 4 is 28.9 Å². The maximum Gasteiger partial charge on any atom is 0.143 e. The Balaban J connectivity index is 2.28. The van der Waals surface area contributed by atoms with Crippen LogP contribution in [0.15, 0.2) is 30.3 Å². The normalized spacial score (nSPS) is 12.1. The number of anilines is 1. The van der Waals surface area contributed by atoms with Gasteiger partial charge in [0.1, 0.15) is 11.6 Å². The first-order valence-electron chi connectivity index (χ1n) is 6.48. The minimum absolute atomic E-state index is 0.0578. The highest BCUT2D eigenvalue weighted by Gasteiger charge is 2.12. The number of methoxy groups -OCH3 is 1. The number of aryl methyl sites for hydroxylation is 1. The van der Waals surface area contributed by atoms with Gasteiger partial charge in [0.25, 0.3) is 0 Å². The van der Waals surface area contributed by atoms with E-state index in [1.54, 1.807) is 25.3 Å². The van der Waals surface area contributed by atoms with E-state index >= 15 is 0 Å². The minimum Gasteiger partial charge on any atom is -0.495 e. The van der Waals surface area contributed by atoms with Gasteiger partial charge < -0.3 is 10.1 Å². The van der Waals surface area contributed by atoms with E-state index in [0.29, 0.717) is 10.8 Å². The SMILES string of the molecule is COc1cc(Cl)c(C)cc1NC(C)c1ccc(F)c(Cl)c1. The molecule has 2 rings (SSSR count). The smallest absolute Gasteiger partial charge is 0.143 e. The third kappa shape index (κ3) is 3.60. The van der Waals surface area contributed by atoms with Crippen LogP contribution in [0, 0.1) is 12.7 Å². The predicted octanol–water partition coefficient (Wildman–Crippen LogP) is 5.62. The number of halogens is 3. The summed E-state index contributed by atoms with van der Waals surface area (Å²) in [7, 11) is 1.59. The first kappa shape index (κ1) is 15.9. The summed E-state index contributed by atoms with van der Waals surface area (Å²) in [6.45, 7) is 3.89. The molecule has 0 amide bonds. The summed E-state index contributed by atoms with van der Waals surface area (Å²) in [5, 5.41) is 4.09. The van der Waals surface area contributed by atoms with Crippen molar-refractivity contribution in [1.29, 1.82) is 0 Å². The van der Waals surface area contributed by atoms with Crippen molar-refractivity contribution in [2.24, 2.45) is 0 Å². The van der Waals surface area contributed by atoms with Crippen molar-refractivity contribution < 1.29 is 9.13 Å². The zero-order valence-electron chi connectivity index (χ0n) is 12.0. The lowest BCUT2D eigenvalue weighted by Gasteiger charge is -2.19. The van der Waals surface area contributed by atoms with Gasteiger partial charge in [-0.2, -0.15) is 0 Å². The topological polar surface area (TPSA) is 21.3 Å². The molecule has 0 bridgehead atoms. The molecule has 0 spiro atoms. The van der Waals surface area contributed by atoms with Crippen molar-refractivity contribution in [2.75, 3.05) is 12.4 Å². The summed E-state index contributed by atoms with van der Waals surface area (Å²) in [6.07, 6.45) is 0. The Morgan fingerprint density at radius 1 is 1.14 bits per heavy atom. The average Bonchev–Trinajstić information content (AvgIpc) is 2.45. The summed E-state index contributed by atoms with van der Waals surface area (Å²) < 4.78 is 18.5. The van der Waals surface area contributed by atoms with E-state index in [-0.39, 0.29) is 11.1 Å². The highest BCUT2D eigenvalue weighted by molar-refractivity contribution is 6.31. The van der Waals surface area contributed by atoms with Crippen LogP contribution in [-0.4, -0.2) is 7.11 Å². The number of benzene rings is 2. The van der Waals surface area contributed by atoms with Gasteiger partial charge in [0.05, 0.1) is 17.8 Å². The third-order valence-electron chi connectivity index (χ3n) is 3.30. The van der Waals surface area contributed by atoms with Gasteiger partial charge in [-0.05, 0) is 43.2 Å². The second-order valence-electron chi connectivity index (χ2n) is 4.84. The lowest BCUT2D eigenvalue weighted by molar-refractivity contribution is 0.416. The van der Waals surface area contributed by atoms with Crippen LogP contribution >= 0.6 is 23.2 Å². The molecular formula is C16H16Cl2FNO. The second-order valence-corrected chi connectivity index (χ2v) is 5.66. The van der Waals surface area contributed by atoms with Crippen LogP contribution in [0.3, 0.4) is 0 Å². The summed E-state index contributed by atoms with van der Waals surface area (Å²) in [4.78, 5) is 0. The molecule has 0 radical (unpaired) electrons. The van der Waals surface area contributed by atoms with E-state index in [4.69, 9.17) is 27.9 Å². The fraction of sp³-hybridized carbons (Fsp3) is 0.250. The summed E-state index contributed by atoms with van der Waals surface area (Å²) >= 11 is 11.9. The highest BCUT2D eigenvalue weighted by Crippen LogP contribution is 2.33. The molecule has 0 heterocycles. The molecule has 2 nitrogen and oxygen atoms in total. The molecule has 0 saturated carbocycles. The van der Waals surface area contributed by atoms with Crippen molar-refractivity contribution in [3.05, 3.63) is 57.3 Å². The molecule has 0 aliphatic rings. The third-order valence-corrected chi connectivity index (χ3v) is 3.99. The standard InChI is InChI=1S/C16H16Cl2FNO/c1-9-6-15(16(21-3)8-12(9)17)20-10(2)11-4-5-14(19)13(18)7-11/h4-8,10,20H,1-3H3. The van der Waals surface area contributed by atoms with E-state index < -0.39 is 5.82 Å². The lowest BCUT2D eigenvalue weighted by atomic mass is 10.1. The van der Waals surface area contributed by atoms with Gasteiger partial charge in [-0.3, -0.25) is 0 Å². The largest absolute Gasteiger partial charge is 0.495 e. The Labute approximate surface area is 133 Å². The first-order valence-corrected chi connectivity index (χ1v) is 7.23. The Bertz CT molecular complexity index is 661. The Morgan fingerprint density at radius 2 is 1.86 bits per heavy atom. The fourth-order valence-corrected chi connectivity index (χ4v) is 2.39. The summed E-state index contributed by atoms with van der Waals surface area (Å²) in [5.74, 6) is 0.234. The van der Waals surface area contributed by atoms with Crippen molar-refractivity contribution in [3.63, 3.8) is 0 Å². The van der Waals surface area contributed by atoms with Gasteiger partial charge >= 0.3 is 0 Å². The van der Waals surface area contributed by atoms with E-state index in [1.807, 2.05) is 19.9 Å². The molecule has 0 aliphatic heterocycles. The minimum atomic E-state index is -0.424. The molecule has 5 heteroatoms. The predicted molar refractivity (Wildman–Crippen MR) is 86.2 cm³/mol. The van der Waals surface area contributed by atoms with Crippen LogP contribution in [0.1, 0.15) is 24.1 Å². The molecule has 21 heavy (non-hydrogen) atoms. The quantitative estimate of drug-likeness (QED) is 0.786. The van der Waals surface area contributed by atoms with E-state index in [2.05, 4.69) is 5.32 Å². The van der Waals surface area contributed by atoms with E-state index in [0.717, 1.165) is 16.8 Å². The molecule has 2 aromatic rings. The molecule has 112 valence electrons. The first-order chi connectivity index (χ1) is 9.92. The second kappa shape index (κ2) is 6.54. The van der Waals surface area contributed by atoms with Gasteiger partial charge in [0.15, 0.2) is 0 Å². The Hall–Kier alpha value is -1.45.